The van der Waals surface area contributed by atoms with Crippen molar-refractivity contribution in [2.75, 3.05) is 39.4 Å². The normalized spacial score (nSPS) is 17.9. The van der Waals surface area contributed by atoms with Crippen LogP contribution >= 0.6 is 0 Å². The number of nitrogens with one attached hydrogen (secondary N) is 1. The third-order valence-electron chi connectivity index (χ3n) is 4.73. The van der Waals surface area contributed by atoms with Crippen LogP contribution in [0.3, 0.4) is 0 Å². The van der Waals surface area contributed by atoms with E-state index in [1.165, 1.54) is 0 Å². The van der Waals surface area contributed by atoms with E-state index < -0.39 is 5.97 Å². The molecule has 1 heterocycles. The van der Waals surface area contributed by atoms with Gasteiger partial charge in [-0.1, -0.05) is 19.1 Å². The van der Waals surface area contributed by atoms with Crippen LogP contribution < -0.4 is 5.32 Å². The summed E-state index contributed by atoms with van der Waals surface area (Å²) in [6.45, 7) is 9.15. The van der Waals surface area contributed by atoms with Crippen LogP contribution in [0.5, 0.6) is 0 Å². The number of carboxylic acid groups (broad SMARTS) is 1. The first-order valence-electron chi connectivity index (χ1n) is 9.22. The van der Waals surface area contributed by atoms with Crippen LogP contribution in [0.1, 0.15) is 36.2 Å². The summed E-state index contributed by atoms with van der Waals surface area (Å²) in [4.78, 5) is 27.6. The summed E-state index contributed by atoms with van der Waals surface area (Å²) >= 11 is 0. The van der Waals surface area contributed by atoms with Gasteiger partial charge in [0.1, 0.15) is 0 Å². The van der Waals surface area contributed by atoms with Crippen molar-refractivity contribution in [3.8, 4) is 0 Å². The zero-order chi connectivity index (χ0) is 18.9. The minimum absolute atomic E-state index is 0.0739. The predicted octanol–water partition coefficient (Wildman–Crippen LogP) is 2.03. The molecule has 144 valence electrons. The highest BCUT2D eigenvalue weighted by Gasteiger charge is 2.28. The molecule has 0 saturated carbocycles. The molecular formula is C19H29N3O4. The average molecular weight is 363 g/mol. The third kappa shape index (κ3) is 5.71. The second-order valence-electron chi connectivity index (χ2n) is 6.40. The summed E-state index contributed by atoms with van der Waals surface area (Å²) in [5, 5.41) is 11.8. The molecule has 1 fully saturated rings. The van der Waals surface area contributed by atoms with Crippen molar-refractivity contribution in [3.63, 3.8) is 0 Å². The van der Waals surface area contributed by atoms with Gasteiger partial charge >= 0.3 is 12.0 Å². The Hall–Kier alpha value is -2.12. The van der Waals surface area contributed by atoms with Gasteiger partial charge in [0.25, 0.3) is 0 Å². The molecular weight excluding hydrogens is 334 g/mol. The number of amides is 2. The van der Waals surface area contributed by atoms with Crippen molar-refractivity contribution in [3.05, 3.63) is 35.4 Å². The number of ether oxygens (including phenoxy) is 1. The molecule has 1 atom stereocenters. The van der Waals surface area contributed by atoms with Crippen LogP contribution in [-0.4, -0.2) is 72.3 Å². The average Bonchev–Trinajstić information content (AvgIpc) is 2.66. The number of hydrogen-bond acceptors (Lipinski definition) is 4. The van der Waals surface area contributed by atoms with Crippen LogP contribution in [0.2, 0.25) is 0 Å². The van der Waals surface area contributed by atoms with Gasteiger partial charge in [0.05, 0.1) is 12.2 Å². The maximum absolute atomic E-state index is 12.5. The highest BCUT2D eigenvalue weighted by atomic mass is 16.5. The molecule has 1 saturated heterocycles. The van der Waals surface area contributed by atoms with Gasteiger partial charge in [0, 0.05) is 45.4 Å². The molecule has 2 N–H and O–H groups in total. The maximum Gasteiger partial charge on any atom is 0.335 e. The van der Waals surface area contributed by atoms with E-state index in [-0.39, 0.29) is 11.6 Å². The number of carboxylic acids is 1. The van der Waals surface area contributed by atoms with Gasteiger partial charge in [0.2, 0.25) is 0 Å². The number of hydrogen-bond donors (Lipinski definition) is 2. The van der Waals surface area contributed by atoms with Crippen LogP contribution in [0.25, 0.3) is 0 Å². The number of rotatable bonds is 8. The summed E-state index contributed by atoms with van der Waals surface area (Å²) in [6.07, 6.45) is 0.993. The number of carbonyl (C=O) groups is 2. The molecule has 0 radical (unpaired) electrons. The predicted molar refractivity (Wildman–Crippen MR) is 99.4 cm³/mol. The Morgan fingerprint density at radius 1 is 1.23 bits per heavy atom. The van der Waals surface area contributed by atoms with Crippen molar-refractivity contribution < 1.29 is 19.4 Å². The Bertz CT molecular complexity index is 591. The summed E-state index contributed by atoms with van der Waals surface area (Å²) in [7, 11) is 0. The van der Waals surface area contributed by atoms with Crippen LogP contribution in [0.4, 0.5) is 4.79 Å². The van der Waals surface area contributed by atoms with Gasteiger partial charge in [-0.05, 0) is 31.0 Å². The lowest BCUT2D eigenvalue weighted by molar-refractivity contribution is 0.0523. The van der Waals surface area contributed by atoms with E-state index in [9.17, 15) is 9.59 Å². The highest BCUT2D eigenvalue weighted by molar-refractivity contribution is 5.87. The van der Waals surface area contributed by atoms with Crippen molar-refractivity contribution in [2.45, 2.75) is 32.9 Å². The minimum atomic E-state index is -0.951. The molecule has 0 aromatic heterocycles. The molecule has 0 spiro atoms. The molecule has 1 unspecified atom stereocenters. The number of nitrogens with zero attached hydrogens (tertiary/aromatic N) is 2. The van der Waals surface area contributed by atoms with E-state index >= 15 is 0 Å². The Labute approximate surface area is 154 Å². The first-order valence-corrected chi connectivity index (χ1v) is 9.22. The quantitative estimate of drug-likeness (QED) is 0.691. The Balaban J connectivity index is 1.81. The second kappa shape index (κ2) is 10.1. The van der Waals surface area contributed by atoms with E-state index in [2.05, 4.69) is 17.1 Å². The molecule has 2 rings (SSSR count). The Morgan fingerprint density at radius 3 is 2.58 bits per heavy atom. The zero-order valence-electron chi connectivity index (χ0n) is 15.6. The van der Waals surface area contributed by atoms with Crippen LogP contribution in [0.15, 0.2) is 24.3 Å². The lowest BCUT2D eigenvalue weighted by Gasteiger charge is -2.41. The molecule has 0 aliphatic carbocycles. The lowest BCUT2D eigenvalue weighted by Crippen LogP contribution is -2.57. The highest BCUT2D eigenvalue weighted by Crippen LogP contribution is 2.13. The molecule has 1 aromatic rings. The smallest absolute Gasteiger partial charge is 0.335 e. The first-order chi connectivity index (χ1) is 12.5. The van der Waals surface area contributed by atoms with Gasteiger partial charge in [-0.2, -0.15) is 0 Å². The summed E-state index contributed by atoms with van der Waals surface area (Å²) < 4.78 is 5.44. The van der Waals surface area contributed by atoms with E-state index in [0.717, 1.165) is 38.3 Å². The van der Waals surface area contributed by atoms with Crippen molar-refractivity contribution in [2.24, 2.45) is 0 Å². The van der Waals surface area contributed by atoms with Crippen LogP contribution in [0, 0.1) is 0 Å². The largest absolute Gasteiger partial charge is 0.478 e. The van der Waals surface area contributed by atoms with E-state index in [1.54, 1.807) is 24.3 Å². The van der Waals surface area contributed by atoms with Crippen molar-refractivity contribution >= 4 is 12.0 Å². The van der Waals surface area contributed by atoms with Gasteiger partial charge < -0.3 is 20.1 Å². The second-order valence-corrected chi connectivity index (χ2v) is 6.40. The fourth-order valence-electron chi connectivity index (χ4n) is 3.14. The van der Waals surface area contributed by atoms with Gasteiger partial charge in [-0.15, -0.1) is 0 Å². The zero-order valence-corrected chi connectivity index (χ0v) is 15.6. The van der Waals surface area contributed by atoms with Crippen LogP contribution in [-0.2, 0) is 11.3 Å². The number of urea groups is 1. The Kier molecular flexibility index (Phi) is 7.87. The SMILES string of the molecule is CCOCCN1CCN(C(=O)NCc2ccc(C(=O)O)cc2)CC1CC. The van der Waals surface area contributed by atoms with Crippen molar-refractivity contribution in [1.82, 2.24) is 15.1 Å². The van der Waals surface area contributed by atoms with Gasteiger partial charge in [-0.3, -0.25) is 4.90 Å². The lowest BCUT2D eigenvalue weighted by atomic mass is 10.1. The number of piperazine rings is 1. The maximum atomic E-state index is 12.5. The monoisotopic (exact) mass is 363 g/mol. The topological polar surface area (TPSA) is 82.1 Å². The molecule has 1 aliphatic rings. The summed E-state index contributed by atoms with van der Waals surface area (Å²) in [5.74, 6) is -0.951. The van der Waals surface area contributed by atoms with Crippen molar-refractivity contribution in [1.29, 1.82) is 0 Å². The number of carbonyl (C=O) groups excluding carboxylic acids is 1. The van der Waals surface area contributed by atoms with E-state index in [0.29, 0.717) is 25.7 Å². The number of benzene rings is 1. The third-order valence-corrected chi connectivity index (χ3v) is 4.73. The van der Waals surface area contributed by atoms with Gasteiger partial charge in [0.15, 0.2) is 0 Å². The fourth-order valence-corrected chi connectivity index (χ4v) is 3.14. The molecule has 0 bridgehead atoms. The molecule has 2 amide bonds. The van der Waals surface area contributed by atoms with Gasteiger partial charge in [-0.25, -0.2) is 9.59 Å². The fraction of sp³-hybridized carbons (Fsp3) is 0.579. The van der Waals surface area contributed by atoms with E-state index in [1.807, 2.05) is 11.8 Å². The number of aromatic carboxylic acids is 1. The Morgan fingerprint density at radius 2 is 1.96 bits per heavy atom. The minimum Gasteiger partial charge on any atom is -0.478 e. The standard InChI is InChI=1S/C19H29N3O4/c1-3-17-14-22(10-9-21(17)11-12-26-4-2)19(25)20-13-15-5-7-16(8-6-15)18(23)24/h5-8,17H,3-4,9-14H2,1-2H3,(H,20,25)(H,23,24). The first kappa shape index (κ1) is 20.2. The summed E-state index contributed by atoms with van der Waals surface area (Å²) in [5.41, 5.74) is 1.12. The summed E-state index contributed by atoms with van der Waals surface area (Å²) in [6, 6.07) is 6.83. The molecule has 26 heavy (non-hydrogen) atoms. The molecule has 1 aliphatic heterocycles. The van der Waals surface area contributed by atoms with E-state index in [4.69, 9.17) is 9.84 Å². The molecule has 1 aromatic carbocycles. The molecule has 7 heteroatoms. The molecule has 7 nitrogen and oxygen atoms in total.